The van der Waals surface area contributed by atoms with Gasteiger partial charge in [0.2, 0.25) is 0 Å². The van der Waals surface area contributed by atoms with Gasteiger partial charge >= 0.3 is 0 Å². The van der Waals surface area contributed by atoms with Gasteiger partial charge in [-0.2, -0.15) is 0 Å². The van der Waals surface area contributed by atoms with Crippen molar-refractivity contribution in [2.75, 3.05) is 13.6 Å². The largest absolute Gasteiger partial charge is 0.313 e. The Balaban J connectivity index is 2.32. The molecule has 0 saturated heterocycles. The van der Waals surface area contributed by atoms with Gasteiger partial charge in [0.15, 0.2) is 5.78 Å². The Kier molecular flexibility index (Phi) is 3.59. The molecule has 0 unspecified atom stereocenters. The second-order valence-corrected chi connectivity index (χ2v) is 5.71. The van der Waals surface area contributed by atoms with Gasteiger partial charge < -0.3 is 5.32 Å². The van der Waals surface area contributed by atoms with E-state index in [0.29, 0.717) is 6.54 Å². The standard InChI is InChI=1S/C11H14BrNOS/c1-13-6-8(14)11-10(12)7-4-2-3-5-9(7)15-11/h13H,2-6H2,1H3. The number of rotatable bonds is 3. The minimum absolute atomic E-state index is 0.198. The first kappa shape index (κ1) is 11.3. The number of halogens is 1. The second-order valence-electron chi connectivity index (χ2n) is 3.81. The number of hydrogen-bond donors (Lipinski definition) is 1. The molecular formula is C11H14BrNOS. The minimum Gasteiger partial charge on any atom is -0.313 e. The summed E-state index contributed by atoms with van der Waals surface area (Å²) in [6, 6.07) is 0. The van der Waals surface area contributed by atoms with Crippen molar-refractivity contribution in [3.63, 3.8) is 0 Å². The molecule has 2 rings (SSSR count). The van der Waals surface area contributed by atoms with Crippen LogP contribution in [0, 0.1) is 0 Å². The Morgan fingerprint density at radius 1 is 1.47 bits per heavy atom. The molecule has 0 spiro atoms. The summed E-state index contributed by atoms with van der Waals surface area (Å²) in [6.45, 7) is 0.429. The Labute approximate surface area is 102 Å². The zero-order valence-corrected chi connectivity index (χ0v) is 11.1. The smallest absolute Gasteiger partial charge is 0.187 e. The third-order valence-electron chi connectivity index (χ3n) is 2.70. The predicted octanol–water partition coefficient (Wildman–Crippen LogP) is 2.79. The van der Waals surface area contributed by atoms with Gasteiger partial charge in [0, 0.05) is 9.35 Å². The van der Waals surface area contributed by atoms with Gasteiger partial charge in [0.25, 0.3) is 0 Å². The van der Waals surface area contributed by atoms with Crippen LogP contribution in [0.25, 0.3) is 0 Å². The molecule has 0 saturated carbocycles. The molecular weight excluding hydrogens is 274 g/mol. The molecule has 4 heteroatoms. The summed E-state index contributed by atoms with van der Waals surface area (Å²) in [5, 5.41) is 2.91. The quantitative estimate of drug-likeness (QED) is 0.867. The molecule has 0 atom stereocenters. The van der Waals surface area contributed by atoms with Gasteiger partial charge in [-0.05, 0) is 54.2 Å². The molecule has 2 nitrogen and oxygen atoms in total. The maximum absolute atomic E-state index is 11.8. The molecule has 0 bridgehead atoms. The summed E-state index contributed by atoms with van der Waals surface area (Å²) in [5.74, 6) is 0.198. The van der Waals surface area contributed by atoms with Gasteiger partial charge in [-0.1, -0.05) is 0 Å². The Morgan fingerprint density at radius 2 is 2.20 bits per heavy atom. The molecule has 0 radical (unpaired) electrons. The minimum atomic E-state index is 0.198. The van der Waals surface area contributed by atoms with Crippen molar-refractivity contribution in [1.82, 2.24) is 5.32 Å². The maximum Gasteiger partial charge on any atom is 0.187 e. The molecule has 1 aliphatic rings. The number of fused-ring (bicyclic) bond motifs is 1. The van der Waals surface area contributed by atoms with E-state index in [1.54, 1.807) is 18.4 Å². The lowest BCUT2D eigenvalue weighted by atomic mass is 9.99. The van der Waals surface area contributed by atoms with Crippen LogP contribution in [0.5, 0.6) is 0 Å². The highest BCUT2D eigenvalue weighted by atomic mass is 79.9. The lowest BCUT2D eigenvalue weighted by molar-refractivity contribution is 0.0996. The number of Topliss-reactive ketones (excluding diaryl/α,β-unsaturated/α-hetero) is 1. The molecule has 1 aromatic heterocycles. The van der Waals surface area contributed by atoms with E-state index in [-0.39, 0.29) is 5.78 Å². The van der Waals surface area contributed by atoms with E-state index in [0.717, 1.165) is 22.2 Å². The Hall–Kier alpha value is -0.190. The molecule has 82 valence electrons. The van der Waals surface area contributed by atoms with Gasteiger partial charge in [0.05, 0.1) is 11.4 Å². The molecule has 0 amide bonds. The molecule has 0 aliphatic heterocycles. The third kappa shape index (κ3) is 2.17. The van der Waals surface area contributed by atoms with Crippen LogP contribution in [-0.2, 0) is 12.8 Å². The summed E-state index contributed by atoms with van der Waals surface area (Å²) in [5.41, 5.74) is 1.38. The summed E-state index contributed by atoms with van der Waals surface area (Å²) in [6.07, 6.45) is 4.78. The highest BCUT2D eigenvalue weighted by molar-refractivity contribution is 9.10. The van der Waals surface area contributed by atoms with E-state index in [9.17, 15) is 4.79 Å². The van der Waals surface area contributed by atoms with Crippen LogP contribution in [0.2, 0.25) is 0 Å². The van der Waals surface area contributed by atoms with Crippen LogP contribution in [-0.4, -0.2) is 19.4 Å². The first-order valence-electron chi connectivity index (χ1n) is 5.22. The number of ketones is 1. The van der Waals surface area contributed by atoms with Crippen molar-refractivity contribution in [2.24, 2.45) is 0 Å². The summed E-state index contributed by atoms with van der Waals surface area (Å²) in [4.78, 5) is 14.1. The molecule has 1 aliphatic carbocycles. The average molecular weight is 288 g/mol. The van der Waals surface area contributed by atoms with Crippen molar-refractivity contribution >= 4 is 33.0 Å². The van der Waals surface area contributed by atoms with Gasteiger partial charge in [-0.3, -0.25) is 4.79 Å². The number of likely N-dealkylation sites (N-methyl/N-ethyl adjacent to an activating group) is 1. The summed E-state index contributed by atoms with van der Waals surface area (Å²) < 4.78 is 1.06. The monoisotopic (exact) mass is 287 g/mol. The molecule has 1 N–H and O–H groups in total. The SMILES string of the molecule is CNCC(=O)c1sc2c(c1Br)CCCC2. The normalized spacial score (nSPS) is 15.1. The zero-order chi connectivity index (χ0) is 10.8. The van der Waals surface area contributed by atoms with E-state index in [1.165, 1.54) is 23.3 Å². The van der Waals surface area contributed by atoms with Crippen LogP contribution < -0.4 is 5.32 Å². The average Bonchev–Trinajstić information content (AvgIpc) is 2.57. The van der Waals surface area contributed by atoms with Gasteiger partial charge in [-0.15, -0.1) is 11.3 Å². The first-order valence-corrected chi connectivity index (χ1v) is 6.83. The van der Waals surface area contributed by atoms with Crippen LogP contribution in [0.4, 0.5) is 0 Å². The third-order valence-corrected chi connectivity index (χ3v) is 5.17. The number of hydrogen-bond acceptors (Lipinski definition) is 3. The van der Waals surface area contributed by atoms with E-state index < -0.39 is 0 Å². The number of carbonyl (C=O) groups is 1. The molecule has 15 heavy (non-hydrogen) atoms. The highest BCUT2D eigenvalue weighted by Gasteiger charge is 2.22. The van der Waals surface area contributed by atoms with Crippen molar-refractivity contribution in [2.45, 2.75) is 25.7 Å². The van der Waals surface area contributed by atoms with Crippen molar-refractivity contribution < 1.29 is 4.79 Å². The summed E-state index contributed by atoms with van der Waals surface area (Å²) in [7, 11) is 1.80. The van der Waals surface area contributed by atoms with Crippen molar-refractivity contribution in [3.05, 3.63) is 19.8 Å². The van der Waals surface area contributed by atoms with Crippen LogP contribution >= 0.6 is 27.3 Å². The molecule has 0 fully saturated rings. The first-order chi connectivity index (χ1) is 7.24. The van der Waals surface area contributed by atoms with E-state index in [2.05, 4.69) is 21.2 Å². The fourth-order valence-electron chi connectivity index (χ4n) is 1.95. The van der Waals surface area contributed by atoms with Crippen LogP contribution in [0.15, 0.2) is 4.47 Å². The summed E-state index contributed by atoms with van der Waals surface area (Å²) >= 11 is 5.24. The van der Waals surface area contributed by atoms with E-state index in [4.69, 9.17) is 0 Å². The number of nitrogens with one attached hydrogen (secondary N) is 1. The number of aryl methyl sites for hydroxylation is 1. The fraction of sp³-hybridized carbons (Fsp3) is 0.545. The number of thiophene rings is 1. The van der Waals surface area contributed by atoms with Gasteiger partial charge in [-0.25, -0.2) is 0 Å². The van der Waals surface area contributed by atoms with E-state index >= 15 is 0 Å². The Morgan fingerprint density at radius 3 is 2.87 bits per heavy atom. The second kappa shape index (κ2) is 4.76. The molecule has 0 aromatic carbocycles. The topological polar surface area (TPSA) is 29.1 Å². The number of carbonyl (C=O) groups excluding carboxylic acids is 1. The molecule has 1 aromatic rings. The lowest BCUT2D eigenvalue weighted by Crippen LogP contribution is -2.17. The van der Waals surface area contributed by atoms with Gasteiger partial charge in [0.1, 0.15) is 0 Å². The van der Waals surface area contributed by atoms with Crippen LogP contribution in [0.1, 0.15) is 33.0 Å². The lowest BCUT2D eigenvalue weighted by Gasteiger charge is -2.09. The fourth-order valence-corrected chi connectivity index (χ4v) is 4.20. The molecule has 1 heterocycles. The highest BCUT2D eigenvalue weighted by Crippen LogP contribution is 2.37. The zero-order valence-electron chi connectivity index (χ0n) is 8.73. The Bertz CT molecular complexity index is 386. The van der Waals surface area contributed by atoms with Crippen molar-refractivity contribution in [3.8, 4) is 0 Å². The van der Waals surface area contributed by atoms with Crippen molar-refractivity contribution in [1.29, 1.82) is 0 Å². The predicted molar refractivity (Wildman–Crippen MR) is 66.9 cm³/mol. The van der Waals surface area contributed by atoms with E-state index in [1.807, 2.05) is 0 Å². The maximum atomic E-state index is 11.8. The van der Waals surface area contributed by atoms with Crippen LogP contribution in [0.3, 0.4) is 0 Å².